The number of nitrogens with zero attached hydrogens (tertiary/aromatic N) is 4. The predicted octanol–water partition coefficient (Wildman–Crippen LogP) is 3.70. The largest absolute Gasteiger partial charge is 0.368 e. The zero-order chi connectivity index (χ0) is 18.2. The molecule has 3 heterocycles. The molecule has 0 atom stereocenters. The first-order valence-corrected chi connectivity index (χ1v) is 8.64. The summed E-state index contributed by atoms with van der Waals surface area (Å²) < 4.78 is 0. The lowest BCUT2D eigenvalue weighted by Crippen LogP contribution is -2.04. The van der Waals surface area contributed by atoms with E-state index >= 15 is 0 Å². The van der Waals surface area contributed by atoms with Crippen LogP contribution in [0.2, 0.25) is 0 Å². The number of benzene rings is 2. The summed E-state index contributed by atoms with van der Waals surface area (Å²) in [5.74, 6) is 0.899. The normalized spacial score (nSPS) is 12.7. The molecular formula is C21H16N6. The third-order valence-corrected chi connectivity index (χ3v) is 4.64. The van der Waals surface area contributed by atoms with Gasteiger partial charge in [0.2, 0.25) is 5.95 Å². The van der Waals surface area contributed by atoms with Gasteiger partial charge in [0.25, 0.3) is 0 Å². The number of rotatable bonds is 3. The molecule has 130 valence electrons. The number of pyridine rings is 1. The van der Waals surface area contributed by atoms with E-state index in [2.05, 4.69) is 44.5 Å². The van der Waals surface area contributed by atoms with Crippen LogP contribution in [0.15, 0.2) is 72.1 Å². The maximum Gasteiger partial charge on any atom is 0.221 e. The molecule has 0 unspecified atom stereocenters. The Kier molecular flexibility index (Phi) is 3.53. The van der Waals surface area contributed by atoms with Gasteiger partial charge in [-0.15, -0.1) is 0 Å². The Morgan fingerprint density at radius 3 is 2.81 bits per heavy atom. The van der Waals surface area contributed by atoms with Crippen LogP contribution in [-0.2, 0) is 6.54 Å². The number of aliphatic imine (C=N–C) groups is 1. The van der Waals surface area contributed by atoms with E-state index in [-0.39, 0.29) is 5.95 Å². The van der Waals surface area contributed by atoms with Crippen molar-refractivity contribution >= 4 is 33.9 Å². The highest BCUT2D eigenvalue weighted by atomic mass is 15.1. The van der Waals surface area contributed by atoms with E-state index in [1.807, 2.05) is 30.6 Å². The second kappa shape index (κ2) is 6.17. The number of hydrogen-bond acceptors (Lipinski definition) is 6. The van der Waals surface area contributed by atoms with Crippen molar-refractivity contribution in [2.45, 2.75) is 6.54 Å². The van der Waals surface area contributed by atoms with Gasteiger partial charge in [0.15, 0.2) is 0 Å². The summed E-state index contributed by atoms with van der Waals surface area (Å²) in [6, 6.07) is 16.2. The first-order chi connectivity index (χ1) is 13.3. The fourth-order valence-corrected chi connectivity index (χ4v) is 3.39. The fourth-order valence-electron chi connectivity index (χ4n) is 3.39. The topological polar surface area (TPSA) is 89.1 Å². The standard InChI is InChI=1S/C21H16N6/c22-21-24-8-7-19(27-21)26-15-6-5-14-11-25-20(17(14)9-15)18-12-23-10-13-3-1-2-4-16(13)18/h1-10,12H,11H2,(H3,22,24,26,27). The van der Waals surface area contributed by atoms with Gasteiger partial charge in [-0.1, -0.05) is 30.3 Å². The quantitative estimate of drug-likeness (QED) is 0.587. The Bertz CT molecular complexity index is 1190. The third-order valence-electron chi connectivity index (χ3n) is 4.64. The molecule has 6 heteroatoms. The van der Waals surface area contributed by atoms with Crippen molar-refractivity contribution in [2.24, 2.45) is 4.99 Å². The number of aromatic nitrogens is 3. The lowest BCUT2D eigenvalue weighted by molar-refractivity contribution is 1.11. The van der Waals surface area contributed by atoms with E-state index in [0.717, 1.165) is 33.3 Å². The number of hydrogen-bond donors (Lipinski definition) is 2. The van der Waals surface area contributed by atoms with Crippen LogP contribution in [0.4, 0.5) is 17.5 Å². The van der Waals surface area contributed by atoms with Crippen LogP contribution in [0.3, 0.4) is 0 Å². The van der Waals surface area contributed by atoms with Crippen molar-refractivity contribution < 1.29 is 0 Å². The molecule has 27 heavy (non-hydrogen) atoms. The van der Waals surface area contributed by atoms with Crippen molar-refractivity contribution in [2.75, 3.05) is 11.1 Å². The van der Waals surface area contributed by atoms with Gasteiger partial charge in [0, 0.05) is 40.8 Å². The maximum atomic E-state index is 5.67. The van der Waals surface area contributed by atoms with Gasteiger partial charge in [-0.05, 0) is 29.1 Å². The Balaban J connectivity index is 1.56. The molecular weight excluding hydrogens is 336 g/mol. The van der Waals surface area contributed by atoms with Gasteiger partial charge < -0.3 is 11.1 Å². The molecule has 0 bridgehead atoms. The van der Waals surface area contributed by atoms with Crippen LogP contribution < -0.4 is 11.1 Å². The van der Waals surface area contributed by atoms with Crippen molar-refractivity contribution in [1.82, 2.24) is 15.0 Å². The van der Waals surface area contributed by atoms with Gasteiger partial charge in [-0.25, -0.2) is 4.98 Å². The molecule has 0 amide bonds. The molecule has 0 saturated carbocycles. The van der Waals surface area contributed by atoms with Gasteiger partial charge in [0.1, 0.15) is 5.82 Å². The molecule has 0 saturated heterocycles. The van der Waals surface area contributed by atoms with E-state index in [0.29, 0.717) is 12.4 Å². The van der Waals surface area contributed by atoms with E-state index in [1.165, 1.54) is 5.56 Å². The minimum absolute atomic E-state index is 0.241. The van der Waals surface area contributed by atoms with Crippen LogP contribution in [0, 0.1) is 0 Å². The van der Waals surface area contributed by atoms with Gasteiger partial charge >= 0.3 is 0 Å². The molecule has 0 aliphatic carbocycles. The first-order valence-electron chi connectivity index (χ1n) is 8.64. The predicted molar refractivity (Wildman–Crippen MR) is 107 cm³/mol. The summed E-state index contributed by atoms with van der Waals surface area (Å²) in [4.78, 5) is 17.3. The Hall–Kier alpha value is -3.80. The number of nitrogens with two attached hydrogens (primary N) is 1. The van der Waals surface area contributed by atoms with Gasteiger partial charge in [-0.2, -0.15) is 4.98 Å². The number of anilines is 3. The van der Waals surface area contributed by atoms with Crippen molar-refractivity contribution in [1.29, 1.82) is 0 Å². The smallest absolute Gasteiger partial charge is 0.221 e. The molecule has 2 aromatic heterocycles. The zero-order valence-corrected chi connectivity index (χ0v) is 14.4. The average Bonchev–Trinajstić information content (AvgIpc) is 3.11. The average molecular weight is 352 g/mol. The monoisotopic (exact) mass is 352 g/mol. The van der Waals surface area contributed by atoms with Gasteiger partial charge in [-0.3, -0.25) is 9.98 Å². The minimum Gasteiger partial charge on any atom is -0.368 e. The minimum atomic E-state index is 0.241. The Morgan fingerprint density at radius 2 is 1.89 bits per heavy atom. The summed E-state index contributed by atoms with van der Waals surface area (Å²) in [6.07, 6.45) is 5.40. The molecule has 1 aliphatic rings. The van der Waals surface area contributed by atoms with Crippen molar-refractivity contribution in [3.63, 3.8) is 0 Å². The highest BCUT2D eigenvalue weighted by Crippen LogP contribution is 2.29. The number of nitrogens with one attached hydrogen (secondary N) is 1. The first kappa shape index (κ1) is 15.5. The fraction of sp³-hybridized carbons (Fsp3) is 0.0476. The molecule has 6 nitrogen and oxygen atoms in total. The van der Waals surface area contributed by atoms with Crippen molar-refractivity contribution in [3.05, 3.63) is 83.8 Å². The lowest BCUT2D eigenvalue weighted by Gasteiger charge is -2.11. The second-order valence-corrected chi connectivity index (χ2v) is 6.37. The molecule has 4 aromatic rings. The second-order valence-electron chi connectivity index (χ2n) is 6.37. The summed E-state index contributed by atoms with van der Waals surface area (Å²) in [5, 5.41) is 5.54. The molecule has 5 rings (SSSR count). The summed E-state index contributed by atoms with van der Waals surface area (Å²) in [6.45, 7) is 0.675. The van der Waals surface area contributed by atoms with Crippen LogP contribution in [0.5, 0.6) is 0 Å². The molecule has 2 aromatic carbocycles. The summed E-state index contributed by atoms with van der Waals surface area (Å²) >= 11 is 0. The summed E-state index contributed by atoms with van der Waals surface area (Å²) in [5.41, 5.74) is 10.9. The van der Waals surface area contributed by atoms with Crippen LogP contribution >= 0.6 is 0 Å². The molecule has 1 aliphatic heterocycles. The van der Waals surface area contributed by atoms with Crippen LogP contribution in [0.1, 0.15) is 16.7 Å². The number of nitrogen functional groups attached to an aromatic ring is 1. The molecule has 3 N–H and O–H groups in total. The molecule has 0 radical (unpaired) electrons. The van der Waals surface area contributed by atoms with E-state index < -0.39 is 0 Å². The SMILES string of the molecule is Nc1nccc(Nc2ccc3c(c2)C(c2cncc4ccccc24)=NC3)n1. The Morgan fingerprint density at radius 1 is 0.963 bits per heavy atom. The highest BCUT2D eigenvalue weighted by Gasteiger charge is 2.20. The van der Waals surface area contributed by atoms with Crippen LogP contribution in [-0.4, -0.2) is 20.7 Å². The lowest BCUT2D eigenvalue weighted by atomic mass is 9.97. The Labute approximate surface area is 155 Å². The van der Waals surface area contributed by atoms with E-state index in [4.69, 9.17) is 10.7 Å². The molecule has 0 spiro atoms. The third kappa shape index (κ3) is 2.77. The number of fused-ring (bicyclic) bond motifs is 2. The van der Waals surface area contributed by atoms with Gasteiger partial charge in [0.05, 0.1) is 12.3 Å². The van der Waals surface area contributed by atoms with E-state index in [1.54, 1.807) is 12.3 Å². The maximum absolute atomic E-state index is 5.67. The van der Waals surface area contributed by atoms with Crippen LogP contribution in [0.25, 0.3) is 10.8 Å². The molecule has 0 fully saturated rings. The highest BCUT2D eigenvalue weighted by molar-refractivity contribution is 6.21. The van der Waals surface area contributed by atoms with Crippen molar-refractivity contribution in [3.8, 4) is 0 Å². The summed E-state index contributed by atoms with van der Waals surface area (Å²) in [7, 11) is 0. The van der Waals surface area contributed by atoms with E-state index in [9.17, 15) is 0 Å². The zero-order valence-electron chi connectivity index (χ0n) is 14.4.